The molecule has 0 radical (unpaired) electrons. The number of anilines is 1. The Balaban J connectivity index is 2.17. The van der Waals surface area contributed by atoms with E-state index in [1.807, 2.05) is 17.5 Å². The summed E-state index contributed by atoms with van der Waals surface area (Å²) in [6.45, 7) is 0.612. The Morgan fingerprint density at radius 1 is 1.44 bits per heavy atom. The molecule has 1 aromatic carbocycles. The fraction of sp³-hybridized carbons (Fsp3) is 0.0833. The number of hydrogen-bond acceptors (Lipinski definition) is 5. The van der Waals surface area contributed by atoms with Gasteiger partial charge < -0.3 is 5.32 Å². The van der Waals surface area contributed by atoms with Gasteiger partial charge in [0.25, 0.3) is 5.69 Å². The molecule has 0 fully saturated rings. The van der Waals surface area contributed by atoms with E-state index in [2.05, 4.69) is 5.32 Å². The predicted octanol–water partition coefficient (Wildman–Crippen LogP) is 3.14. The zero-order valence-corrected chi connectivity index (χ0v) is 10.1. The summed E-state index contributed by atoms with van der Waals surface area (Å²) in [6.07, 6.45) is 0. The summed E-state index contributed by atoms with van der Waals surface area (Å²) in [4.78, 5) is 11.4. The number of nitrogens with zero attached hydrogens (tertiary/aromatic N) is 2. The fourth-order valence-corrected chi connectivity index (χ4v) is 2.13. The summed E-state index contributed by atoms with van der Waals surface area (Å²) in [5.41, 5.74) is 0.532. The van der Waals surface area contributed by atoms with Crippen LogP contribution in [0, 0.1) is 21.4 Å². The van der Waals surface area contributed by atoms with Gasteiger partial charge in [0.1, 0.15) is 11.6 Å². The quantitative estimate of drug-likeness (QED) is 0.675. The molecule has 0 atom stereocenters. The molecule has 0 bridgehead atoms. The smallest absolute Gasteiger partial charge is 0.289 e. The van der Waals surface area contributed by atoms with Gasteiger partial charge in [0.05, 0.1) is 4.92 Å². The first-order valence-electron chi connectivity index (χ1n) is 5.15. The van der Waals surface area contributed by atoms with Gasteiger partial charge in [-0.05, 0) is 23.6 Å². The Morgan fingerprint density at radius 2 is 2.28 bits per heavy atom. The summed E-state index contributed by atoms with van der Waals surface area (Å²) in [5, 5.41) is 24.6. The van der Waals surface area contributed by atoms with Crippen LogP contribution in [0.4, 0.5) is 11.4 Å². The van der Waals surface area contributed by atoms with Crippen LogP contribution in [0.15, 0.2) is 35.7 Å². The summed E-state index contributed by atoms with van der Waals surface area (Å²) >= 11 is 1.61. The van der Waals surface area contributed by atoms with Crippen LogP contribution in [0.3, 0.4) is 0 Å². The van der Waals surface area contributed by atoms with Crippen LogP contribution < -0.4 is 5.32 Å². The van der Waals surface area contributed by atoms with Gasteiger partial charge in [0.2, 0.25) is 0 Å². The van der Waals surface area contributed by atoms with Gasteiger partial charge in [-0.2, -0.15) is 5.26 Å². The molecule has 6 heteroatoms. The number of benzene rings is 1. The summed E-state index contributed by atoms with van der Waals surface area (Å²) in [6, 6.07) is 10.2. The SMILES string of the molecule is N#Cc1ccc(NCc2cccs2)cc1[N+](=O)[O-]. The lowest BCUT2D eigenvalue weighted by atomic mass is 10.2. The number of nitriles is 1. The number of thiophene rings is 1. The molecule has 5 nitrogen and oxygen atoms in total. The lowest BCUT2D eigenvalue weighted by Gasteiger charge is -2.05. The predicted molar refractivity (Wildman–Crippen MR) is 69.5 cm³/mol. The lowest BCUT2D eigenvalue weighted by molar-refractivity contribution is -0.385. The molecule has 90 valence electrons. The topological polar surface area (TPSA) is 79.0 Å². The molecule has 0 amide bonds. The molecule has 1 aromatic heterocycles. The fourth-order valence-electron chi connectivity index (χ4n) is 1.49. The lowest BCUT2D eigenvalue weighted by Crippen LogP contribution is -1.99. The van der Waals surface area contributed by atoms with Gasteiger partial charge >= 0.3 is 0 Å². The van der Waals surface area contributed by atoms with Crippen molar-refractivity contribution in [2.75, 3.05) is 5.32 Å². The van der Waals surface area contributed by atoms with Crippen LogP contribution in [-0.2, 0) is 6.54 Å². The number of nitro benzene ring substituents is 1. The van der Waals surface area contributed by atoms with Gasteiger partial charge in [-0.25, -0.2) is 0 Å². The van der Waals surface area contributed by atoms with E-state index in [1.54, 1.807) is 23.5 Å². The Labute approximate surface area is 107 Å². The maximum atomic E-state index is 10.8. The highest BCUT2D eigenvalue weighted by Gasteiger charge is 2.13. The molecule has 2 aromatic rings. The number of nitrogens with one attached hydrogen (secondary N) is 1. The third-order valence-electron chi connectivity index (χ3n) is 2.36. The zero-order chi connectivity index (χ0) is 13.0. The average molecular weight is 259 g/mol. The van der Waals surface area contributed by atoms with Crippen LogP contribution >= 0.6 is 11.3 Å². The first-order valence-corrected chi connectivity index (χ1v) is 6.03. The van der Waals surface area contributed by atoms with Crippen LogP contribution in [0.2, 0.25) is 0 Å². The molecule has 0 aliphatic rings. The van der Waals surface area contributed by atoms with Crippen molar-refractivity contribution in [1.82, 2.24) is 0 Å². The molecule has 0 aliphatic heterocycles. The van der Waals surface area contributed by atoms with Crippen LogP contribution in [0.1, 0.15) is 10.4 Å². The van der Waals surface area contributed by atoms with Crippen LogP contribution in [0.5, 0.6) is 0 Å². The van der Waals surface area contributed by atoms with Crippen molar-refractivity contribution in [2.45, 2.75) is 6.54 Å². The molecular formula is C12H9N3O2S. The van der Waals surface area contributed by atoms with Crippen LogP contribution in [-0.4, -0.2) is 4.92 Å². The summed E-state index contributed by atoms with van der Waals surface area (Å²) in [7, 11) is 0. The van der Waals surface area contributed by atoms with Crippen LogP contribution in [0.25, 0.3) is 0 Å². The molecular weight excluding hydrogens is 250 g/mol. The maximum Gasteiger partial charge on any atom is 0.289 e. The number of rotatable bonds is 4. The van der Waals surface area contributed by atoms with E-state index in [4.69, 9.17) is 5.26 Å². The Hall–Kier alpha value is -2.39. The summed E-state index contributed by atoms with van der Waals surface area (Å²) < 4.78 is 0. The van der Waals surface area contributed by atoms with E-state index in [9.17, 15) is 10.1 Å². The van der Waals surface area contributed by atoms with Gasteiger partial charge in [0, 0.05) is 23.2 Å². The van der Waals surface area contributed by atoms with Crippen molar-refractivity contribution < 1.29 is 4.92 Å². The normalized spacial score (nSPS) is 9.72. The standard InChI is InChI=1S/C12H9N3O2S/c13-7-9-3-4-10(6-12(9)15(16)17)14-8-11-2-1-5-18-11/h1-6,14H,8H2. The minimum absolute atomic E-state index is 0.0710. The Morgan fingerprint density at radius 3 is 2.89 bits per heavy atom. The molecule has 0 saturated carbocycles. The maximum absolute atomic E-state index is 10.8. The first-order chi connectivity index (χ1) is 8.70. The van der Waals surface area contributed by atoms with Crippen molar-refractivity contribution in [2.24, 2.45) is 0 Å². The second-order valence-corrected chi connectivity index (χ2v) is 4.57. The molecule has 1 N–H and O–H groups in total. The van der Waals surface area contributed by atoms with E-state index >= 15 is 0 Å². The molecule has 1 heterocycles. The Kier molecular flexibility index (Phi) is 3.55. The van der Waals surface area contributed by atoms with E-state index in [-0.39, 0.29) is 11.3 Å². The molecule has 0 aliphatic carbocycles. The van der Waals surface area contributed by atoms with Gasteiger partial charge in [-0.3, -0.25) is 10.1 Å². The van der Waals surface area contributed by atoms with E-state index in [0.29, 0.717) is 12.2 Å². The molecule has 2 rings (SSSR count). The highest BCUT2D eigenvalue weighted by Crippen LogP contribution is 2.23. The van der Waals surface area contributed by atoms with E-state index in [0.717, 1.165) is 4.88 Å². The highest BCUT2D eigenvalue weighted by atomic mass is 32.1. The first kappa shape index (κ1) is 12.1. The monoisotopic (exact) mass is 259 g/mol. The summed E-state index contributed by atoms with van der Waals surface area (Å²) in [5.74, 6) is 0. The highest BCUT2D eigenvalue weighted by molar-refractivity contribution is 7.09. The van der Waals surface area contributed by atoms with Crippen molar-refractivity contribution in [3.05, 3.63) is 56.3 Å². The minimum atomic E-state index is -0.547. The average Bonchev–Trinajstić information content (AvgIpc) is 2.89. The number of nitro groups is 1. The number of hydrogen-bond donors (Lipinski definition) is 1. The van der Waals surface area contributed by atoms with Gasteiger partial charge in [-0.15, -0.1) is 11.3 Å². The molecule has 18 heavy (non-hydrogen) atoms. The molecule has 0 saturated heterocycles. The van der Waals surface area contributed by atoms with Crippen molar-refractivity contribution in [1.29, 1.82) is 5.26 Å². The Bertz CT molecular complexity index is 602. The van der Waals surface area contributed by atoms with Crippen molar-refractivity contribution in [3.63, 3.8) is 0 Å². The molecule has 0 spiro atoms. The van der Waals surface area contributed by atoms with Gasteiger partial charge in [0.15, 0.2) is 0 Å². The largest absolute Gasteiger partial charge is 0.380 e. The second-order valence-electron chi connectivity index (χ2n) is 3.53. The second kappa shape index (κ2) is 5.29. The molecule has 0 unspecified atom stereocenters. The van der Waals surface area contributed by atoms with Gasteiger partial charge in [-0.1, -0.05) is 6.07 Å². The third kappa shape index (κ3) is 2.64. The van der Waals surface area contributed by atoms with E-state index in [1.165, 1.54) is 12.1 Å². The van der Waals surface area contributed by atoms with Crippen molar-refractivity contribution in [3.8, 4) is 6.07 Å². The zero-order valence-electron chi connectivity index (χ0n) is 9.29. The third-order valence-corrected chi connectivity index (χ3v) is 3.24. The van der Waals surface area contributed by atoms with Crippen molar-refractivity contribution >= 4 is 22.7 Å². The minimum Gasteiger partial charge on any atom is -0.380 e. The van der Waals surface area contributed by atoms with E-state index < -0.39 is 4.92 Å².